The van der Waals surface area contributed by atoms with Crippen molar-refractivity contribution in [3.05, 3.63) is 0 Å². The molecule has 1 heteroatoms. The highest BCUT2D eigenvalue weighted by Gasteiger charge is 2.49. The molecule has 2 fully saturated rings. The molecular formula is C15H30N+. The van der Waals surface area contributed by atoms with E-state index >= 15 is 0 Å². The van der Waals surface area contributed by atoms with Gasteiger partial charge in [-0.2, -0.15) is 0 Å². The van der Waals surface area contributed by atoms with Crippen molar-refractivity contribution in [1.29, 1.82) is 0 Å². The van der Waals surface area contributed by atoms with Crippen molar-refractivity contribution in [2.24, 2.45) is 11.8 Å². The van der Waals surface area contributed by atoms with E-state index in [0.717, 1.165) is 17.9 Å². The van der Waals surface area contributed by atoms with Gasteiger partial charge in [-0.05, 0) is 25.7 Å². The van der Waals surface area contributed by atoms with E-state index in [9.17, 15) is 0 Å². The molecular weight excluding hydrogens is 194 g/mol. The van der Waals surface area contributed by atoms with Gasteiger partial charge >= 0.3 is 0 Å². The number of unbranched alkanes of at least 4 members (excludes halogenated alkanes) is 2. The average molecular weight is 224 g/mol. The zero-order valence-corrected chi connectivity index (χ0v) is 11.5. The van der Waals surface area contributed by atoms with Crippen LogP contribution in [0.3, 0.4) is 0 Å². The first-order chi connectivity index (χ1) is 7.65. The molecule has 1 saturated carbocycles. The third-order valence-electron chi connectivity index (χ3n) is 5.17. The Kier molecular flexibility index (Phi) is 3.94. The smallest absolute Gasteiger partial charge is 0.0919 e. The topological polar surface area (TPSA) is 0 Å². The average Bonchev–Trinajstić information content (AvgIpc) is 2.52. The minimum Gasteiger partial charge on any atom is -0.326 e. The molecule has 1 heterocycles. The van der Waals surface area contributed by atoms with Crippen molar-refractivity contribution >= 4 is 0 Å². The molecule has 0 spiro atoms. The second-order valence-corrected chi connectivity index (χ2v) is 6.73. The largest absolute Gasteiger partial charge is 0.326 e. The maximum Gasteiger partial charge on any atom is 0.0919 e. The number of nitrogens with zero attached hydrogens (tertiary/aromatic N) is 1. The zero-order chi connectivity index (χ0) is 11.6. The lowest BCUT2D eigenvalue weighted by molar-refractivity contribution is -0.906. The summed E-state index contributed by atoms with van der Waals surface area (Å²) in [6, 6.07) is 1.00. The Hall–Kier alpha value is -0.0400. The van der Waals surface area contributed by atoms with Crippen LogP contribution in [0.5, 0.6) is 0 Å². The van der Waals surface area contributed by atoms with E-state index in [2.05, 4.69) is 21.0 Å². The molecule has 0 radical (unpaired) electrons. The first-order valence-electron chi connectivity index (χ1n) is 7.48. The van der Waals surface area contributed by atoms with Gasteiger partial charge in [0.15, 0.2) is 0 Å². The number of hydrogen-bond donors (Lipinski definition) is 0. The van der Waals surface area contributed by atoms with Gasteiger partial charge in [-0.3, -0.25) is 0 Å². The Morgan fingerprint density at radius 2 is 1.81 bits per heavy atom. The third-order valence-corrected chi connectivity index (χ3v) is 5.17. The summed E-state index contributed by atoms with van der Waals surface area (Å²) in [5.41, 5.74) is 0. The van der Waals surface area contributed by atoms with Gasteiger partial charge in [-0.25, -0.2) is 0 Å². The van der Waals surface area contributed by atoms with E-state index in [0.29, 0.717) is 0 Å². The Balaban J connectivity index is 1.93. The predicted octanol–water partition coefficient (Wildman–Crippen LogP) is 3.83. The highest BCUT2D eigenvalue weighted by atomic mass is 15.4. The lowest BCUT2D eigenvalue weighted by Crippen LogP contribution is -2.46. The number of fused-ring (bicyclic) bond motifs is 1. The molecule has 2 aliphatic rings. The van der Waals surface area contributed by atoms with Gasteiger partial charge < -0.3 is 4.48 Å². The number of likely N-dealkylation sites (tertiary alicyclic amines) is 1. The van der Waals surface area contributed by atoms with Gasteiger partial charge in [0, 0.05) is 11.8 Å². The van der Waals surface area contributed by atoms with Crippen LogP contribution >= 0.6 is 0 Å². The van der Waals surface area contributed by atoms with Gasteiger partial charge in [0.1, 0.15) is 0 Å². The SMILES string of the molecule is CCCCCC1C[N+](C)(C)C2CCCCC12. The van der Waals surface area contributed by atoms with Crippen molar-refractivity contribution in [2.45, 2.75) is 64.3 Å². The fourth-order valence-electron chi connectivity index (χ4n) is 4.39. The monoisotopic (exact) mass is 224 g/mol. The molecule has 3 atom stereocenters. The van der Waals surface area contributed by atoms with Gasteiger partial charge in [-0.1, -0.05) is 32.6 Å². The normalized spacial score (nSPS) is 37.3. The van der Waals surface area contributed by atoms with E-state index in [1.165, 1.54) is 62.4 Å². The van der Waals surface area contributed by atoms with Crippen LogP contribution in [0.4, 0.5) is 0 Å². The Morgan fingerprint density at radius 3 is 2.56 bits per heavy atom. The van der Waals surface area contributed by atoms with Crippen LogP contribution in [0.1, 0.15) is 58.3 Å². The molecule has 0 bridgehead atoms. The van der Waals surface area contributed by atoms with Crippen LogP contribution in [-0.2, 0) is 0 Å². The van der Waals surface area contributed by atoms with Gasteiger partial charge in [-0.15, -0.1) is 0 Å². The fraction of sp³-hybridized carbons (Fsp3) is 1.00. The van der Waals surface area contributed by atoms with Gasteiger partial charge in [0.05, 0.1) is 26.7 Å². The number of rotatable bonds is 4. The molecule has 1 saturated heterocycles. The van der Waals surface area contributed by atoms with Crippen LogP contribution in [0.2, 0.25) is 0 Å². The number of quaternary nitrogens is 1. The highest BCUT2D eigenvalue weighted by molar-refractivity contribution is 4.87. The summed E-state index contributed by atoms with van der Waals surface area (Å²) in [7, 11) is 4.95. The van der Waals surface area contributed by atoms with E-state index in [4.69, 9.17) is 0 Å². The molecule has 3 unspecified atom stereocenters. The van der Waals surface area contributed by atoms with Crippen LogP contribution in [0.25, 0.3) is 0 Å². The molecule has 94 valence electrons. The summed E-state index contributed by atoms with van der Waals surface area (Å²) < 4.78 is 1.32. The Labute approximate surface area is 102 Å². The summed E-state index contributed by atoms with van der Waals surface area (Å²) >= 11 is 0. The Morgan fingerprint density at radius 1 is 1.06 bits per heavy atom. The van der Waals surface area contributed by atoms with E-state index in [1.807, 2.05) is 0 Å². The standard InChI is InChI=1S/C15H30N/c1-4-5-6-9-13-12-16(2,3)15-11-8-7-10-14(13)15/h13-15H,4-12H2,1-3H3/q+1. The second-order valence-electron chi connectivity index (χ2n) is 6.73. The summed E-state index contributed by atoms with van der Waals surface area (Å²) in [5, 5.41) is 0. The molecule has 1 aliphatic heterocycles. The highest BCUT2D eigenvalue weighted by Crippen LogP contribution is 2.44. The maximum absolute atomic E-state index is 2.48. The molecule has 2 rings (SSSR count). The van der Waals surface area contributed by atoms with Gasteiger partial charge in [0.25, 0.3) is 0 Å². The van der Waals surface area contributed by atoms with Crippen molar-refractivity contribution in [1.82, 2.24) is 0 Å². The summed E-state index contributed by atoms with van der Waals surface area (Å²) in [4.78, 5) is 0. The van der Waals surface area contributed by atoms with Crippen LogP contribution in [0, 0.1) is 11.8 Å². The van der Waals surface area contributed by atoms with Crippen molar-refractivity contribution in [3.8, 4) is 0 Å². The molecule has 0 N–H and O–H groups in total. The maximum atomic E-state index is 2.48. The van der Waals surface area contributed by atoms with Crippen LogP contribution < -0.4 is 0 Å². The predicted molar refractivity (Wildman–Crippen MR) is 70.4 cm³/mol. The van der Waals surface area contributed by atoms with Crippen LogP contribution in [-0.4, -0.2) is 31.2 Å². The number of hydrogen-bond acceptors (Lipinski definition) is 0. The minimum absolute atomic E-state index is 1.00. The molecule has 16 heavy (non-hydrogen) atoms. The first-order valence-corrected chi connectivity index (χ1v) is 7.48. The minimum atomic E-state index is 1.00. The molecule has 1 aliphatic carbocycles. The second kappa shape index (κ2) is 5.08. The molecule has 0 aromatic carbocycles. The summed E-state index contributed by atoms with van der Waals surface area (Å²) in [6.07, 6.45) is 11.8. The molecule has 1 nitrogen and oxygen atoms in total. The van der Waals surface area contributed by atoms with Crippen molar-refractivity contribution < 1.29 is 4.48 Å². The van der Waals surface area contributed by atoms with E-state index in [-0.39, 0.29) is 0 Å². The van der Waals surface area contributed by atoms with Crippen LogP contribution in [0.15, 0.2) is 0 Å². The Bertz CT molecular complexity index is 221. The lowest BCUT2D eigenvalue weighted by atomic mass is 9.78. The quantitative estimate of drug-likeness (QED) is 0.503. The molecule has 0 aromatic heterocycles. The first kappa shape index (κ1) is 12.4. The fourth-order valence-corrected chi connectivity index (χ4v) is 4.39. The van der Waals surface area contributed by atoms with E-state index in [1.54, 1.807) is 0 Å². The summed E-state index contributed by atoms with van der Waals surface area (Å²) in [5.74, 6) is 2.12. The van der Waals surface area contributed by atoms with Crippen molar-refractivity contribution in [3.63, 3.8) is 0 Å². The summed E-state index contributed by atoms with van der Waals surface area (Å²) in [6.45, 7) is 3.77. The van der Waals surface area contributed by atoms with E-state index < -0.39 is 0 Å². The van der Waals surface area contributed by atoms with Crippen molar-refractivity contribution in [2.75, 3.05) is 20.6 Å². The lowest BCUT2D eigenvalue weighted by Gasteiger charge is -2.36. The third kappa shape index (κ3) is 2.45. The zero-order valence-electron chi connectivity index (χ0n) is 11.5. The van der Waals surface area contributed by atoms with Gasteiger partial charge in [0.2, 0.25) is 0 Å². The molecule has 0 aromatic rings. The molecule has 0 amide bonds.